The molecule has 3 heteroatoms. The Kier molecular flexibility index (Phi) is 4.84. The second-order valence-corrected chi connectivity index (χ2v) is 6.05. The lowest BCUT2D eigenvalue weighted by Gasteiger charge is -2.33. The molecule has 3 rings (SSSR count). The van der Waals surface area contributed by atoms with Gasteiger partial charge in [-0.05, 0) is 25.0 Å². The first kappa shape index (κ1) is 14.5. The van der Waals surface area contributed by atoms with Crippen molar-refractivity contribution < 1.29 is 0 Å². The Balaban J connectivity index is 1.76. The van der Waals surface area contributed by atoms with Crippen LogP contribution in [-0.4, -0.2) is 29.0 Å². The molecule has 0 aliphatic heterocycles. The third kappa shape index (κ3) is 3.60. The first-order chi connectivity index (χ1) is 10.4. The molecule has 0 spiro atoms. The zero-order valence-electron chi connectivity index (χ0n) is 12.7. The second-order valence-electron chi connectivity index (χ2n) is 6.05. The molecule has 0 atom stereocenters. The van der Waals surface area contributed by atoms with Gasteiger partial charge in [-0.15, -0.1) is 0 Å². The molecule has 1 fully saturated rings. The van der Waals surface area contributed by atoms with E-state index in [0.29, 0.717) is 6.04 Å². The average molecular weight is 283 g/mol. The van der Waals surface area contributed by atoms with Crippen LogP contribution in [0.5, 0.6) is 0 Å². The number of nitrogens with two attached hydrogens (primary N) is 1. The van der Waals surface area contributed by atoms with E-state index >= 15 is 0 Å². The van der Waals surface area contributed by atoms with Crippen molar-refractivity contribution in [3.05, 3.63) is 42.1 Å². The zero-order valence-corrected chi connectivity index (χ0v) is 12.7. The van der Waals surface area contributed by atoms with Gasteiger partial charge in [0, 0.05) is 31.1 Å². The normalized spacial score (nSPS) is 16.7. The molecule has 0 unspecified atom stereocenters. The highest BCUT2D eigenvalue weighted by Crippen LogP contribution is 2.24. The predicted molar refractivity (Wildman–Crippen MR) is 88.1 cm³/mol. The standard InChI is InChI=1S/C18H25N3/c19-12-13-21(17-7-2-1-3-8-17)14-16-11-10-15-6-4-5-9-18(15)20-16/h4-6,9-11,17H,1-3,7-8,12-14,19H2. The number of pyridine rings is 1. The molecular formula is C18H25N3. The Morgan fingerprint density at radius 2 is 1.86 bits per heavy atom. The quantitative estimate of drug-likeness (QED) is 0.915. The topological polar surface area (TPSA) is 42.1 Å². The van der Waals surface area contributed by atoms with Crippen LogP contribution < -0.4 is 5.73 Å². The summed E-state index contributed by atoms with van der Waals surface area (Å²) in [7, 11) is 0. The number of benzene rings is 1. The van der Waals surface area contributed by atoms with Crippen LogP contribution in [0.15, 0.2) is 36.4 Å². The number of aromatic nitrogens is 1. The number of nitrogens with zero attached hydrogens (tertiary/aromatic N) is 2. The average Bonchev–Trinajstić information content (AvgIpc) is 2.55. The number of hydrogen-bond acceptors (Lipinski definition) is 3. The first-order valence-electron chi connectivity index (χ1n) is 8.15. The lowest BCUT2D eigenvalue weighted by Crippen LogP contribution is -2.39. The predicted octanol–water partition coefficient (Wildman–Crippen LogP) is 3.33. The van der Waals surface area contributed by atoms with Gasteiger partial charge in [-0.25, -0.2) is 0 Å². The van der Waals surface area contributed by atoms with E-state index in [1.54, 1.807) is 0 Å². The molecule has 21 heavy (non-hydrogen) atoms. The molecule has 112 valence electrons. The highest BCUT2D eigenvalue weighted by atomic mass is 15.2. The van der Waals surface area contributed by atoms with Crippen molar-refractivity contribution >= 4 is 10.9 Å². The van der Waals surface area contributed by atoms with E-state index in [9.17, 15) is 0 Å². The van der Waals surface area contributed by atoms with Crippen molar-refractivity contribution in [2.45, 2.75) is 44.7 Å². The summed E-state index contributed by atoms with van der Waals surface area (Å²) in [4.78, 5) is 7.35. The molecule has 3 nitrogen and oxygen atoms in total. The summed E-state index contributed by atoms with van der Waals surface area (Å²) >= 11 is 0. The molecule has 1 aliphatic rings. The van der Waals surface area contributed by atoms with Crippen LogP contribution >= 0.6 is 0 Å². The molecule has 1 aliphatic carbocycles. The Labute approximate surface area is 127 Å². The van der Waals surface area contributed by atoms with Gasteiger partial charge in [0.2, 0.25) is 0 Å². The molecule has 2 N–H and O–H groups in total. The van der Waals surface area contributed by atoms with Gasteiger partial charge in [-0.3, -0.25) is 9.88 Å². The summed E-state index contributed by atoms with van der Waals surface area (Å²) in [6.45, 7) is 2.62. The van der Waals surface area contributed by atoms with Crippen LogP contribution in [0.1, 0.15) is 37.8 Å². The first-order valence-corrected chi connectivity index (χ1v) is 8.15. The minimum atomic E-state index is 0.690. The minimum absolute atomic E-state index is 0.690. The highest BCUT2D eigenvalue weighted by molar-refractivity contribution is 5.78. The fourth-order valence-corrected chi connectivity index (χ4v) is 3.41. The monoisotopic (exact) mass is 283 g/mol. The Morgan fingerprint density at radius 1 is 1.05 bits per heavy atom. The molecule has 0 bridgehead atoms. The van der Waals surface area contributed by atoms with E-state index in [4.69, 9.17) is 10.7 Å². The molecule has 1 heterocycles. The summed E-state index contributed by atoms with van der Waals surface area (Å²) in [5.41, 5.74) is 8.07. The van der Waals surface area contributed by atoms with Crippen molar-refractivity contribution in [3.63, 3.8) is 0 Å². The van der Waals surface area contributed by atoms with E-state index in [0.717, 1.165) is 30.8 Å². The van der Waals surface area contributed by atoms with Crippen LogP contribution in [-0.2, 0) is 6.54 Å². The van der Waals surface area contributed by atoms with Crippen molar-refractivity contribution in [1.29, 1.82) is 0 Å². The van der Waals surface area contributed by atoms with Gasteiger partial charge < -0.3 is 5.73 Å². The molecule has 1 saturated carbocycles. The van der Waals surface area contributed by atoms with Crippen LogP contribution in [0.3, 0.4) is 0 Å². The number of rotatable bonds is 5. The number of hydrogen-bond donors (Lipinski definition) is 1. The summed E-state index contributed by atoms with van der Waals surface area (Å²) in [5.74, 6) is 0. The largest absolute Gasteiger partial charge is 0.329 e. The smallest absolute Gasteiger partial charge is 0.0705 e. The fourth-order valence-electron chi connectivity index (χ4n) is 3.41. The summed E-state index contributed by atoms with van der Waals surface area (Å²) in [6.07, 6.45) is 6.73. The van der Waals surface area contributed by atoms with Gasteiger partial charge in [0.1, 0.15) is 0 Å². The lowest BCUT2D eigenvalue weighted by molar-refractivity contribution is 0.151. The maximum absolute atomic E-state index is 5.82. The van der Waals surface area contributed by atoms with E-state index in [1.165, 1.54) is 37.5 Å². The Morgan fingerprint density at radius 3 is 2.67 bits per heavy atom. The molecule has 0 radical (unpaired) electrons. The molecule has 2 aromatic rings. The van der Waals surface area contributed by atoms with Crippen LogP contribution in [0.25, 0.3) is 10.9 Å². The molecule has 0 amide bonds. The third-order valence-corrected chi connectivity index (χ3v) is 4.53. The molecule has 1 aromatic carbocycles. The van der Waals surface area contributed by atoms with Gasteiger partial charge in [-0.2, -0.15) is 0 Å². The van der Waals surface area contributed by atoms with E-state index < -0.39 is 0 Å². The Hall–Kier alpha value is -1.45. The van der Waals surface area contributed by atoms with Crippen molar-refractivity contribution in [2.75, 3.05) is 13.1 Å². The molecule has 1 aromatic heterocycles. The van der Waals surface area contributed by atoms with Crippen LogP contribution in [0, 0.1) is 0 Å². The highest BCUT2D eigenvalue weighted by Gasteiger charge is 2.21. The molecular weight excluding hydrogens is 258 g/mol. The fraction of sp³-hybridized carbons (Fsp3) is 0.500. The van der Waals surface area contributed by atoms with E-state index in [2.05, 4.69) is 41.3 Å². The number of fused-ring (bicyclic) bond motifs is 1. The van der Waals surface area contributed by atoms with Gasteiger partial charge in [-0.1, -0.05) is 43.5 Å². The SMILES string of the molecule is NCCN(Cc1ccc2ccccc2n1)C1CCCCC1. The van der Waals surface area contributed by atoms with E-state index in [1.807, 2.05) is 0 Å². The van der Waals surface area contributed by atoms with Crippen LogP contribution in [0.2, 0.25) is 0 Å². The van der Waals surface area contributed by atoms with Crippen molar-refractivity contribution in [2.24, 2.45) is 5.73 Å². The maximum atomic E-state index is 5.82. The van der Waals surface area contributed by atoms with Crippen molar-refractivity contribution in [3.8, 4) is 0 Å². The number of para-hydroxylation sites is 1. The van der Waals surface area contributed by atoms with E-state index in [-0.39, 0.29) is 0 Å². The summed E-state index contributed by atoms with van der Waals surface area (Å²) in [6, 6.07) is 13.4. The van der Waals surface area contributed by atoms with Gasteiger partial charge in [0.15, 0.2) is 0 Å². The van der Waals surface area contributed by atoms with Gasteiger partial charge >= 0.3 is 0 Å². The second kappa shape index (κ2) is 7.01. The minimum Gasteiger partial charge on any atom is -0.329 e. The lowest BCUT2D eigenvalue weighted by atomic mass is 9.94. The van der Waals surface area contributed by atoms with Gasteiger partial charge in [0.25, 0.3) is 0 Å². The van der Waals surface area contributed by atoms with Gasteiger partial charge in [0.05, 0.1) is 11.2 Å². The zero-order chi connectivity index (χ0) is 14.5. The third-order valence-electron chi connectivity index (χ3n) is 4.53. The summed E-state index contributed by atoms with van der Waals surface area (Å²) < 4.78 is 0. The molecule has 0 saturated heterocycles. The van der Waals surface area contributed by atoms with Crippen LogP contribution in [0.4, 0.5) is 0 Å². The maximum Gasteiger partial charge on any atom is 0.0705 e. The van der Waals surface area contributed by atoms with Crippen molar-refractivity contribution in [1.82, 2.24) is 9.88 Å². The summed E-state index contributed by atoms with van der Waals surface area (Å²) in [5, 5.41) is 1.21. The Bertz CT molecular complexity index is 575.